The number of hydrogen-bond donors (Lipinski definition) is 1. The maximum Gasteiger partial charge on any atom is 0.263 e. The number of aliphatic hydroxyl groups excluding tert-OH is 1. The second-order valence-electron chi connectivity index (χ2n) is 3.95. The van der Waals surface area contributed by atoms with Gasteiger partial charge in [-0.25, -0.2) is 0 Å². The third kappa shape index (κ3) is 3.88. The molecule has 0 bridgehead atoms. The molecule has 3 nitrogen and oxygen atoms in total. The van der Waals surface area contributed by atoms with E-state index in [0.717, 1.165) is 4.88 Å². The van der Waals surface area contributed by atoms with Crippen LogP contribution in [-0.2, 0) is 0 Å². The topological polar surface area (TPSA) is 40.5 Å². The summed E-state index contributed by atoms with van der Waals surface area (Å²) in [5.41, 5.74) is 0. The van der Waals surface area contributed by atoms with Gasteiger partial charge in [0.15, 0.2) is 0 Å². The summed E-state index contributed by atoms with van der Waals surface area (Å²) in [6.07, 6.45) is 0.465. The molecule has 1 aromatic heterocycles. The van der Waals surface area contributed by atoms with E-state index in [1.165, 1.54) is 11.3 Å². The molecule has 4 heteroatoms. The Morgan fingerprint density at radius 2 is 2.24 bits per heavy atom. The summed E-state index contributed by atoms with van der Waals surface area (Å²) in [4.78, 5) is 15.2. The highest BCUT2D eigenvalue weighted by molar-refractivity contribution is 7.14. The number of thiophene rings is 1. The molecule has 92 valence electrons. The van der Waals surface area contributed by atoms with Gasteiger partial charge < -0.3 is 10.0 Å². The molecule has 0 aliphatic rings. The zero-order valence-electron chi connectivity index (χ0n) is 10.4. The van der Waals surface area contributed by atoms with Gasteiger partial charge in [-0.3, -0.25) is 4.79 Å². The zero-order chi connectivity index (χ0) is 12.8. The molecule has 0 aliphatic heterocycles. The molecular formula is C13H17NO2S. The smallest absolute Gasteiger partial charge is 0.263 e. The standard InChI is InChI=1S/C13H17NO2S/c1-10(2)14(3)13(16)12-8-7-11(17-12)6-4-5-9-15/h7-8,10,15H,5,9H2,1-3H3. The van der Waals surface area contributed by atoms with Gasteiger partial charge in [0.1, 0.15) is 0 Å². The fourth-order valence-electron chi connectivity index (χ4n) is 1.13. The van der Waals surface area contributed by atoms with Crippen molar-refractivity contribution in [2.24, 2.45) is 0 Å². The van der Waals surface area contributed by atoms with Crippen LogP contribution in [0.1, 0.15) is 34.8 Å². The molecule has 0 radical (unpaired) electrons. The second-order valence-corrected chi connectivity index (χ2v) is 5.03. The first-order chi connectivity index (χ1) is 8.06. The van der Waals surface area contributed by atoms with Crippen molar-refractivity contribution in [3.8, 4) is 11.8 Å². The minimum Gasteiger partial charge on any atom is -0.395 e. The highest BCUT2D eigenvalue weighted by Crippen LogP contribution is 2.17. The predicted molar refractivity (Wildman–Crippen MR) is 70.1 cm³/mol. The highest BCUT2D eigenvalue weighted by atomic mass is 32.1. The normalized spacial score (nSPS) is 9.94. The van der Waals surface area contributed by atoms with Crippen LogP contribution in [0.5, 0.6) is 0 Å². The third-order valence-corrected chi connectivity index (χ3v) is 3.35. The van der Waals surface area contributed by atoms with E-state index in [1.807, 2.05) is 19.9 Å². The Labute approximate surface area is 106 Å². The van der Waals surface area contributed by atoms with Crippen molar-refractivity contribution in [2.75, 3.05) is 13.7 Å². The van der Waals surface area contributed by atoms with Gasteiger partial charge in [0, 0.05) is 19.5 Å². The van der Waals surface area contributed by atoms with Gasteiger partial charge in [-0.15, -0.1) is 11.3 Å². The van der Waals surface area contributed by atoms with Gasteiger partial charge in [0.05, 0.1) is 16.4 Å². The summed E-state index contributed by atoms with van der Waals surface area (Å²) in [5.74, 6) is 5.80. The molecule has 1 heterocycles. The van der Waals surface area contributed by atoms with Crippen molar-refractivity contribution in [3.05, 3.63) is 21.9 Å². The van der Waals surface area contributed by atoms with Crippen molar-refractivity contribution in [1.29, 1.82) is 0 Å². The molecule has 1 N–H and O–H groups in total. The largest absolute Gasteiger partial charge is 0.395 e. The van der Waals surface area contributed by atoms with Gasteiger partial charge >= 0.3 is 0 Å². The van der Waals surface area contributed by atoms with Crippen molar-refractivity contribution < 1.29 is 9.90 Å². The molecule has 0 saturated heterocycles. The summed E-state index contributed by atoms with van der Waals surface area (Å²) in [7, 11) is 1.80. The molecule has 0 atom stereocenters. The van der Waals surface area contributed by atoms with Gasteiger partial charge in [-0.2, -0.15) is 0 Å². The third-order valence-electron chi connectivity index (χ3n) is 2.36. The average molecular weight is 251 g/mol. The number of amides is 1. The lowest BCUT2D eigenvalue weighted by Crippen LogP contribution is -2.32. The van der Waals surface area contributed by atoms with Crippen LogP contribution in [-0.4, -0.2) is 35.6 Å². The SMILES string of the molecule is CC(C)N(C)C(=O)c1ccc(C#CCCO)s1. The highest BCUT2D eigenvalue weighted by Gasteiger charge is 2.15. The number of carbonyl (C=O) groups excluding carboxylic acids is 1. The maximum atomic E-state index is 12.0. The summed E-state index contributed by atoms with van der Waals surface area (Å²) in [6, 6.07) is 3.83. The van der Waals surface area contributed by atoms with E-state index in [2.05, 4.69) is 11.8 Å². The summed E-state index contributed by atoms with van der Waals surface area (Å²) in [6.45, 7) is 4.03. The Bertz CT molecular complexity index is 440. The average Bonchev–Trinajstić information content (AvgIpc) is 2.76. The molecule has 0 saturated carbocycles. The zero-order valence-corrected chi connectivity index (χ0v) is 11.2. The number of aliphatic hydroxyl groups is 1. The molecule has 0 aromatic carbocycles. The van der Waals surface area contributed by atoms with Crippen molar-refractivity contribution in [3.63, 3.8) is 0 Å². The Morgan fingerprint density at radius 3 is 2.82 bits per heavy atom. The van der Waals surface area contributed by atoms with E-state index < -0.39 is 0 Å². The number of carbonyl (C=O) groups is 1. The van der Waals surface area contributed by atoms with E-state index in [1.54, 1.807) is 18.0 Å². The Kier molecular flexibility index (Phi) is 5.20. The van der Waals surface area contributed by atoms with Crippen LogP contribution < -0.4 is 0 Å². The first-order valence-electron chi connectivity index (χ1n) is 5.53. The van der Waals surface area contributed by atoms with Gasteiger partial charge in [-0.1, -0.05) is 11.8 Å². The number of nitrogens with zero attached hydrogens (tertiary/aromatic N) is 1. The van der Waals surface area contributed by atoms with E-state index >= 15 is 0 Å². The molecule has 1 rings (SSSR count). The van der Waals surface area contributed by atoms with Crippen LogP contribution in [0, 0.1) is 11.8 Å². The molecule has 0 fully saturated rings. The van der Waals surface area contributed by atoms with Crippen LogP contribution in [0.4, 0.5) is 0 Å². The second kappa shape index (κ2) is 6.43. The van der Waals surface area contributed by atoms with E-state index in [-0.39, 0.29) is 18.6 Å². The number of hydrogen-bond acceptors (Lipinski definition) is 3. The van der Waals surface area contributed by atoms with Gasteiger partial charge in [-0.05, 0) is 26.0 Å². The number of rotatable bonds is 3. The van der Waals surface area contributed by atoms with E-state index in [0.29, 0.717) is 11.3 Å². The van der Waals surface area contributed by atoms with Gasteiger partial charge in [0.2, 0.25) is 0 Å². The molecule has 17 heavy (non-hydrogen) atoms. The predicted octanol–water partition coefficient (Wildman–Crippen LogP) is 1.96. The van der Waals surface area contributed by atoms with Crippen LogP contribution >= 0.6 is 11.3 Å². The van der Waals surface area contributed by atoms with Crippen LogP contribution in [0.15, 0.2) is 12.1 Å². The molecular weight excluding hydrogens is 234 g/mol. The Hall–Kier alpha value is -1.31. The monoisotopic (exact) mass is 251 g/mol. The Balaban J connectivity index is 2.75. The lowest BCUT2D eigenvalue weighted by Gasteiger charge is -2.20. The maximum absolute atomic E-state index is 12.0. The summed E-state index contributed by atoms with van der Waals surface area (Å²) < 4.78 is 0. The van der Waals surface area contributed by atoms with Gasteiger partial charge in [0.25, 0.3) is 5.91 Å². The van der Waals surface area contributed by atoms with Crippen LogP contribution in [0.3, 0.4) is 0 Å². The molecule has 0 unspecified atom stereocenters. The van der Waals surface area contributed by atoms with E-state index in [4.69, 9.17) is 5.11 Å². The van der Waals surface area contributed by atoms with E-state index in [9.17, 15) is 4.79 Å². The first kappa shape index (κ1) is 13.8. The summed E-state index contributed by atoms with van der Waals surface area (Å²) >= 11 is 1.39. The fraction of sp³-hybridized carbons (Fsp3) is 0.462. The Morgan fingerprint density at radius 1 is 1.53 bits per heavy atom. The minimum absolute atomic E-state index is 0.0280. The molecule has 0 spiro atoms. The first-order valence-corrected chi connectivity index (χ1v) is 6.34. The molecule has 0 aliphatic carbocycles. The van der Waals surface area contributed by atoms with Crippen molar-refractivity contribution >= 4 is 17.2 Å². The molecule has 1 aromatic rings. The van der Waals surface area contributed by atoms with Crippen LogP contribution in [0.25, 0.3) is 0 Å². The van der Waals surface area contributed by atoms with Crippen molar-refractivity contribution in [2.45, 2.75) is 26.3 Å². The minimum atomic E-state index is 0.0280. The quantitative estimate of drug-likeness (QED) is 0.834. The van der Waals surface area contributed by atoms with Crippen molar-refractivity contribution in [1.82, 2.24) is 4.90 Å². The van der Waals surface area contributed by atoms with Crippen LogP contribution in [0.2, 0.25) is 0 Å². The lowest BCUT2D eigenvalue weighted by atomic mass is 10.3. The fourth-order valence-corrected chi connectivity index (χ4v) is 2.00. The lowest BCUT2D eigenvalue weighted by molar-refractivity contribution is 0.0760. The molecule has 1 amide bonds. The summed E-state index contributed by atoms with van der Waals surface area (Å²) in [5, 5.41) is 8.61.